The monoisotopic (exact) mass is 274 g/mol. The van der Waals surface area contributed by atoms with Crippen molar-refractivity contribution in [2.75, 3.05) is 0 Å². The number of rotatable bonds is 1. The number of phenols is 1. The van der Waals surface area contributed by atoms with Crippen LogP contribution in [0.5, 0.6) is 5.75 Å². The number of nitrogens with two attached hydrogens (primary N) is 1. The third-order valence-electron chi connectivity index (χ3n) is 1.49. The summed E-state index contributed by atoms with van der Waals surface area (Å²) in [5.41, 5.74) is 5.92. The van der Waals surface area contributed by atoms with Gasteiger partial charge in [0.05, 0.1) is 9.64 Å². The summed E-state index contributed by atoms with van der Waals surface area (Å²) in [6, 6.07) is 6.27. The van der Waals surface area contributed by atoms with Gasteiger partial charge in [-0.15, -0.1) is 0 Å². The highest BCUT2D eigenvalue weighted by molar-refractivity contribution is 14.1. The molecule has 4 heteroatoms. The van der Waals surface area contributed by atoms with E-state index in [2.05, 4.69) is 0 Å². The zero-order valence-corrected chi connectivity index (χ0v) is 8.32. The Morgan fingerprint density at radius 3 is 2.83 bits per heavy atom. The van der Waals surface area contributed by atoms with Gasteiger partial charge in [-0.1, -0.05) is 12.1 Å². The number of nitrogens with zero attached hydrogens (tertiary/aromatic N) is 1. The molecule has 1 rings (SSSR count). The summed E-state index contributed by atoms with van der Waals surface area (Å²) in [4.78, 5) is 0. The van der Waals surface area contributed by atoms with Crippen molar-refractivity contribution in [2.45, 2.75) is 6.04 Å². The highest BCUT2D eigenvalue weighted by atomic mass is 127. The van der Waals surface area contributed by atoms with E-state index in [1.54, 1.807) is 18.2 Å². The van der Waals surface area contributed by atoms with Crippen LogP contribution in [-0.4, -0.2) is 5.11 Å². The molecule has 0 aliphatic rings. The van der Waals surface area contributed by atoms with E-state index in [1.807, 2.05) is 28.7 Å². The second-order valence-electron chi connectivity index (χ2n) is 2.28. The van der Waals surface area contributed by atoms with E-state index in [0.717, 1.165) is 0 Å². The first-order valence-corrected chi connectivity index (χ1v) is 4.37. The Bertz CT molecular complexity index is 332. The van der Waals surface area contributed by atoms with Gasteiger partial charge < -0.3 is 10.8 Å². The lowest BCUT2D eigenvalue weighted by molar-refractivity contribution is 0.462. The van der Waals surface area contributed by atoms with Crippen molar-refractivity contribution < 1.29 is 5.11 Å². The lowest BCUT2D eigenvalue weighted by atomic mass is 10.1. The molecule has 0 spiro atoms. The number of halogens is 1. The minimum absolute atomic E-state index is 0.104. The van der Waals surface area contributed by atoms with E-state index < -0.39 is 6.04 Å². The molecule has 1 atom stereocenters. The van der Waals surface area contributed by atoms with Crippen molar-refractivity contribution in [3.8, 4) is 11.8 Å². The van der Waals surface area contributed by atoms with E-state index in [1.165, 1.54) is 0 Å². The zero-order chi connectivity index (χ0) is 9.14. The Morgan fingerprint density at radius 1 is 1.58 bits per heavy atom. The molecule has 0 unspecified atom stereocenters. The van der Waals surface area contributed by atoms with Crippen LogP contribution in [0.4, 0.5) is 0 Å². The molecule has 0 heterocycles. The van der Waals surface area contributed by atoms with Crippen LogP contribution in [0.15, 0.2) is 18.2 Å². The second kappa shape index (κ2) is 3.74. The van der Waals surface area contributed by atoms with Crippen molar-refractivity contribution >= 4 is 22.6 Å². The summed E-state index contributed by atoms with van der Waals surface area (Å²) in [7, 11) is 0. The number of hydrogen-bond acceptors (Lipinski definition) is 3. The second-order valence-corrected chi connectivity index (χ2v) is 3.45. The van der Waals surface area contributed by atoms with Gasteiger partial charge in [0.25, 0.3) is 0 Å². The predicted octanol–water partition coefficient (Wildman–Crippen LogP) is 1.52. The molecular formula is C8H7IN2O. The topological polar surface area (TPSA) is 70.0 Å². The van der Waals surface area contributed by atoms with Crippen LogP contribution in [-0.2, 0) is 0 Å². The van der Waals surface area contributed by atoms with Crippen molar-refractivity contribution in [1.29, 1.82) is 5.26 Å². The smallest absolute Gasteiger partial charge is 0.134 e. The fourth-order valence-corrected chi connectivity index (χ4v) is 1.37. The minimum atomic E-state index is -0.750. The van der Waals surface area contributed by atoms with E-state index in [-0.39, 0.29) is 5.75 Å². The number of phenolic OH excluding ortho intramolecular Hbond substituents is 1. The van der Waals surface area contributed by atoms with Crippen LogP contribution in [0.1, 0.15) is 11.6 Å². The van der Waals surface area contributed by atoms with Crippen LogP contribution in [0.2, 0.25) is 0 Å². The summed E-state index contributed by atoms with van der Waals surface area (Å²) < 4.78 is 0.704. The van der Waals surface area contributed by atoms with Gasteiger partial charge in [-0.3, -0.25) is 0 Å². The van der Waals surface area contributed by atoms with Gasteiger partial charge in [-0.25, -0.2) is 0 Å². The standard InChI is InChI=1S/C8H7IN2O/c9-6-3-1-2-5(8(6)12)7(11)4-10/h1-3,7,12H,11H2/t7-/m1/s1. The Labute approximate surface area is 83.9 Å². The van der Waals surface area contributed by atoms with E-state index >= 15 is 0 Å². The number of benzene rings is 1. The third kappa shape index (κ3) is 1.68. The maximum Gasteiger partial charge on any atom is 0.134 e. The maximum absolute atomic E-state index is 9.46. The number of hydrogen-bond donors (Lipinski definition) is 2. The Kier molecular flexibility index (Phi) is 2.89. The third-order valence-corrected chi connectivity index (χ3v) is 2.36. The molecule has 3 nitrogen and oxygen atoms in total. The normalized spacial score (nSPS) is 12.1. The van der Waals surface area contributed by atoms with Gasteiger partial charge >= 0.3 is 0 Å². The van der Waals surface area contributed by atoms with Gasteiger partial charge in [-0.2, -0.15) is 5.26 Å². The molecule has 0 radical (unpaired) electrons. The highest BCUT2D eigenvalue weighted by Crippen LogP contribution is 2.27. The first kappa shape index (κ1) is 9.29. The fourth-order valence-electron chi connectivity index (χ4n) is 0.853. The van der Waals surface area contributed by atoms with Gasteiger partial charge in [0, 0.05) is 5.56 Å². The summed E-state index contributed by atoms with van der Waals surface area (Å²) in [6.07, 6.45) is 0. The largest absolute Gasteiger partial charge is 0.506 e. The van der Waals surface area contributed by atoms with Crippen LogP contribution >= 0.6 is 22.6 Å². The molecule has 0 amide bonds. The number of aromatic hydroxyl groups is 1. The van der Waals surface area contributed by atoms with Crippen LogP contribution < -0.4 is 5.73 Å². The van der Waals surface area contributed by atoms with Gasteiger partial charge in [0.15, 0.2) is 0 Å². The number of para-hydroxylation sites is 1. The predicted molar refractivity (Wildman–Crippen MR) is 53.4 cm³/mol. The van der Waals surface area contributed by atoms with Crippen molar-refractivity contribution in [3.63, 3.8) is 0 Å². The summed E-state index contributed by atoms with van der Waals surface area (Å²) in [6.45, 7) is 0. The molecule has 0 aromatic heterocycles. The molecule has 1 aromatic rings. The molecule has 0 aliphatic carbocycles. The first-order chi connectivity index (χ1) is 5.66. The molecule has 62 valence electrons. The molecule has 0 bridgehead atoms. The first-order valence-electron chi connectivity index (χ1n) is 3.29. The molecular weight excluding hydrogens is 267 g/mol. The van der Waals surface area contributed by atoms with Gasteiger partial charge in [0.1, 0.15) is 11.8 Å². The van der Waals surface area contributed by atoms with Crippen molar-refractivity contribution in [3.05, 3.63) is 27.3 Å². The van der Waals surface area contributed by atoms with Crippen molar-refractivity contribution in [1.82, 2.24) is 0 Å². The summed E-state index contributed by atoms with van der Waals surface area (Å²) in [5.74, 6) is 0.104. The zero-order valence-electron chi connectivity index (χ0n) is 6.16. The molecule has 0 saturated carbocycles. The van der Waals surface area contributed by atoms with Crippen molar-refractivity contribution in [2.24, 2.45) is 5.73 Å². The molecule has 1 aromatic carbocycles. The molecule has 0 aliphatic heterocycles. The fraction of sp³-hybridized carbons (Fsp3) is 0.125. The van der Waals surface area contributed by atoms with Crippen LogP contribution in [0.3, 0.4) is 0 Å². The number of nitriles is 1. The van der Waals surface area contributed by atoms with E-state index in [9.17, 15) is 5.11 Å². The maximum atomic E-state index is 9.46. The average molecular weight is 274 g/mol. The van der Waals surface area contributed by atoms with Crippen LogP contribution in [0, 0.1) is 14.9 Å². The quantitative estimate of drug-likeness (QED) is 0.763. The Hall–Kier alpha value is -0.800. The lowest BCUT2D eigenvalue weighted by Crippen LogP contribution is -2.07. The van der Waals surface area contributed by atoms with Crippen LogP contribution in [0.25, 0.3) is 0 Å². The SMILES string of the molecule is N#C[C@@H](N)c1cccc(I)c1O. The Balaban J connectivity index is 3.18. The Morgan fingerprint density at radius 2 is 2.25 bits per heavy atom. The molecule has 0 fully saturated rings. The van der Waals surface area contributed by atoms with Gasteiger partial charge in [0.2, 0.25) is 0 Å². The summed E-state index contributed by atoms with van der Waals surface area (Å²) in [5, 5.41) is 18.0. The molecule has 0 saturated heterocycles. The minimum Gasteiger partial charge on any atom is -0.506 e. The van der Waals surface area contributed by atoms with E-state index in [4.69, 9.17) is 11.0 Å². The van der Waals surface area contributed by atoms with Gasteiger partial charge in [-0.05, 0) is 28.7 Å². The molecule has 3 N–H and O–H groups in total. The lowest BCUT2D eigenvalue weighted by Gasteiger charge is -2.06. The summed E-state index contributed by atoms with van der Waals surface area (Å²) >= 11 is 1.98. The average Bonchev–Trinajstić information content (AvgIpc) is 2.08. The highest BCUT2D eigenvalue weighted by Gasteiger charge is 2.10. The van der Waals surface area contributed by atoms with E-state index in [0.29, 0.717) is 9.13 Å². The molecule has 12 heavy (non-hydrogen) atoms.